The molecule has 0 unspecified atom stereocenters. The van der Waals surface area contributed by atoms with Gasteiger partial charge in [-0.3, -0.25) is 4.79 Å². The molecular weight excluding hydrogens is 186 g/mol. The summed E-state index contributed by atoms with van der Waals surface area (Å²) in [5, 5.41) is 0. The quantitative estimate of drug-likeness (QED) is 0.545. The molecule has 15 heavy (non-hydrogen) atoms. The first kappa shape index (κ1) is 11.8. The van der Waals surface area contributed by atoms with Crippen molar-refractivity contribution < 1.29 is 4.79 Å². The molecule has 0 fully saturated rings. The van der Waals surface area contributed by atoms with Gasteiger partial charge in [0.15, 0.2) is 5.78 Å². The molecule has 1 heterocycles. The number of allylic oxidation sites excluding steroid dienone is 1. The lowest BCUT2D eigenvalue weighted by molar-refractivity contribution is 0.101. The fourth-order valence-corrected chi connectivity index (χ4v) is 1.64. The Morgan fingerprint density at radius 3 is 2.47 bits per heavy atom. The van der Waals surface area contributed by atoms with Crippen LogP contribution in [-0.4, -0.2) is 10.4 Å². The second-order valence-electron chi connectivity index (χ2n) is 4.45. The third kappa shape index (κ3) is 2.82. The molecule has 0 saturated carbocycles. The van der Waals surface area contributed by atoms with E-state index >= 15 is 0 Å². The minimum Gasteiger partial charge on any atom is -0.346 e. The summed E-state index contributed by atoms with van der Waals surface area (Å²) < 4.78 is 2.11. The van der Waals surface area contributed by atoms with Gasteiger partial charge in [0, 0.05) is 24.0 Å². The SMILES string of the molecule is C=C(C)Cn1cc(C(C)=O)cc1C(C)C. The molecule has 82 valence electrons. The normalized spacial score (nSPS) is 10.7. The Bertz CT molecular complexity index is 385. The molecule has 1 aromatic heterocycles. The number of hydrogen-bond donors (Lipinski definition) is 0. The van der Waals surface area contributed by atoms with Crippen molar-refractivity contribution in [3.63, 3.8) is 0 Å². The molecule has 0 aliphatic heterocycles. The van der Waals surface area contributed by atoms with Gasteiger partial charge in [-0.15, -0.1) is 0 Å². The predicted molar refractivity (Wildman–Crippen MR) is 63.3 cm³/mol. The zero-order valence-corrected chi connectivity index (χ0v) is 10.0. The van der Waals surface area contributed by atoms with Crippen LogP contribution < -0.4 is 0 Å². The Morgan fingerprint density at radius 2 is 2.07 bits per heavy atom. The fourth-order valence-electron chi connectivity index (χ4n) is 1.64. The van der Waals surface area contributed by atoms with E-state index in [1.807, 2.05) is 19.2 Å². The lowest BCUT2D eigenvalue weighted by Crippen LogP contribution is -2.03. The average molecular weight is 205 g/mol. The largest absolute Gasteiger partial charge is 0.346 e. The van der Waals surface area contributed by atoms with Crippen molar-refractivity contribution in [2.75, 3.05) is 0 Å². The number of Topliss-reactive ketones (excluding diaryl/α,β-unsaturated/α-hetero) is 1. The average Bonchev–Trinajstić information content (AvgIpc) is 2.46. The highest BCUT2D eigenvalue weighted by Crippen LogP contribution is 2.19. The van der Waals surface area contributed by atoms with Gasteiger partial charge in [-0.25, -0.2) is 0 Å². The molecule has 2 nitrogen and oxygen atoms in total. The summed E-state index contributed by atoms with van der Waals surface area (Å²) in [5.74, 6) is 0.551. The monoisotopic (exact) mass is 205 g/mol. The van der Waals surface area contributed by atoms with Gasteiger partial charge in [0.1, 0.15) is 0 Å². The van der Waals surface area contributed by atoms with Crippen molar-refractivity contribution >= 4 is 5.78 Å². The van der Waals surface area contributed by atoms with Crippen LogP contribution in [0.4, 0.5) is 0 Å². The lowest BCUT2D eigenvalue weighted by atomic mass is 10.1. The minimum atomic E-state index is 0.123. The number of ketones is 1. The molecule has 0 aliphatic carbocycles. The zero-order valence-electron chi connectivity index (χ0n) is 10.0. The highest BCUT2D eigenvalue weighted by atomic mass is 16.1. The molecule has 0 saturated heterocycles. The summed E-state index contributed by atoms with van der Waals surface area (Å²) in [6, 6.07) is 1.98. The number of carbonyl (C=O) groups excluding carboxylic acids is 1. The highest BCUT2D eigenvalue weighted by molar-refractivity contribution is 5.94. The first-order valence-corrected chi connectivity index (χ1v) is 5.27. The Balaban J connectivity index is 3.11. The molecule has 0 bridgehead atoms. The van der Waals surface area contributed by atoms with Crippen molar-refractivity contribution in [1.29, 1.82) is 0 Å². The van der Waals surface area contributed by atoms with Gasteiger partial charge in [-0.1, -0.05) is 26.0 Å². The van der Waals surface area contributed by atoms with E-state index in [1.165, 1.54) is 5.69 Å². The second kappa shape index (κ2) is 4.47. The Morgan fingerprint density at radius 1 is 1.47 bits per heavy atom. The van der Waals surface area contributed by atoms with Gasteiger partial charge >= 0.3 is 0 Å². The number of nitrogens with zero attached hydrogens (tertiary/aromatic N) is 1. The van der Waals surface area contributed by atoms with E-state index in [0.29, 0.717) is 5.92 Å². The summed E-state index contributed by atoms with van der Waals surface area (Å²) >= 11 is 0. The third-order valence-corrected chi connectivity index (χ3v) is 2.37. The number of carbonyl (C=O) groups is 1. The summed E-state index contributed by atoms with van der Waals surface area (Å²) in [6.07, 6.45) is 1.92. The summed E-state index contributed by atoms with van der Waals surface area (Å²) in [6.45, 7) is 12.6. The molecule has 0 N–H and O–H groups in total. The molecule has 0 aliphatic rings. The van der Waals surface area contributed by atoms with E-state index in [0.717, 1.165) is 17.7 Å². The molecule has 1 aromatic rings. The van der Waals surface area contributed by atoms with E-state index in [4.69, 9.17) is 0 Å². The Kier molecular flexibility index (Phi) is 3.51. The molecule has 0 amide bonds. The Hall–Kier alpha value is -1.31. The van der Waals surface area contributed by atoms with Gasteiger partial charge in [0.05, 0.1) is 0 Å². The maximum Gasteiger partial charge on any atom is 0.161 e. The van der Waals surface area contributed by atoms with Crippen LogP contribution in [0.2, 0.25) is 0 Å². The highest BCUT2D eigenvalue weighted by Gasteiger charge is 2.11. The Labute approximate surface area is 91.6 Å². The van der Waals surface area contributed by atoms with Crippen LogP contribution in [0.1, 0.15) is 49.7 Å². The fraction of sp³-hybridized carbons (Fsp3) is 0.462. The van der Waals surface area contributed by atoms with Crippen molar-refractivity contribution in [2.24, 2.45) is 0 Å². The summed E-state index contributed by atoms with van der Waals surface area (Å²) in [7, 11) is 0. The van der Waals surface area contributed by atoms with E-state index < -0.39 is 0 Å². The van der Waals surface area contributed by atoms with Crippen LogP contribution in [0, 0.1) is 0 Å². The van der Waals surface area contributed by atoms with Crippen LogP contribution >= 0.6 is 0 Å². The van der Waals surface area contributed by atoms with Crippen LogP contribution in [0.5, 0.6) is 0 Å². The first-order chi connectivity index (χ1) is 6.91. The predicted octanol–water partition coefficient (Wildman–Crippen LogP) is 3.39. The van der Waals surface area contributed by atoms with Crippen LogP contribution in [0.3, 0.4) is 0 Å². The van der Waals surface area contributed by atoms with Crippen molar-refractivity contribution in [2.45, 2.75) is 40.2 Å². The molecular formula is C13H19NO. The lowest BCUT2D eigenvalue weighted by Gasteiger charge is -2.11. The van der Waals surface area contributed by atoms with E-state index in [-0.39, 0.29) is 5.78 Å². The molecule has 0 spiro atoms. The zero-order chi connectivity index (χ0) is 11.6. The molecule has 0 aromatic carbocycles. The smallest absolute Gasteiger partial charge is 0.161 e. The number of rotatable bonds is 4. The van der Waals surface area contributed by atoms with Crippen LogP contribution in [0.25, 0.3) is 0 Å². The van der Waals surface area contributed by atoms with Crippen molar-refractivity contribution in [3.8, 4) is 0 Å². The molecule has 1 rings (SSSR count). The van der Waals surface area contributed by atoms with E-state index in [9.17, 15) is 4.79 Å². The van der Waals surface area contributed by atoms with Crippen molar-refractivity contribution in [3.05, 3.63) is 35.7 Å². The summed E-state index contributed by atoms with van der Waals surface area (Å²) in [4.78, 5) is 11.3. The molecule has 0 radical (unpaired) electrons. The van der Waals surface area contributed by atoms with Crippen LogP contribution in [-0.2, 0) is 6.54 Å². The van der Waals surface area contributed by atoms with Crippen LogP contribution in [0.15, 0.2) is 24.4 Å². The second-order valence-corrected chi connectivity index (χ2v) is 4.45. The van der Waals surface area contributed by atoms with Gasteiger partial charge in [0.25, 0.3) is 0 Å². The van der Waals surface area contributed by atoms with Gasteiger partial charge < -0.3 is 4.57 Å². The standard InChI is InChI=1S/C13H19NO/c1-9(2)7-14-8-12(11(5)15)6-13(14)10(3)4/h6,8,10H,1,7H2,2-5H3. The maximum absolute atomic E-state index is 11.3. The maximum atomic E-state index is 11.3. The number of aromatic nitrogens is 1. The van der Waals surface area contributed by atoms with Gasteiger partial charge in [-0.05, 0) is 25.8 Å². The minimum absolute atomic E-state index is 0.123. The van der Waals surface area contributed by atoms with Crippen molar-refractivity contribution in [1.82, 2.24) is 4.57 Å². The molecule has 0 atom stereocenters. The topological polar surface area (TPSA) is 22.0 Å². The van der Waals surface area contributed by atoms with E-state index in [2.05, 4.69) is 25.0 Å². The third-order valence-electron chi connectivity index (χ3n) is 2.37. The molecule has 2 heteroatoms. The van der Waals surface area contributed by atoms with E-state index in [1.54, 1.807) is 6.92 Å². The number of hydrogen-bond acceptors (Lipinski definition) is 1. The summed E-state index contributed by atoms with van der Waals surface area (Å²) in [5.41, 5.74) is 3.09. The first-order valence-electron chi connectivity index (χ1n) is 5.27. The van der Waals surface area contributed by atoms with Gasteiger partial charge in [0.2, 0.25) is 0 Å². The van der Waals surface area contributed by atoms with Gasteiger partial charge in [-0.2, -0.15) is 0 Å².